The highest BCUT2D eigenvalue weighted by Crippen LogP contribution is 2.49. The van der Waals surface area contributed by atoms with Gasteiger partial charge in [0.05, 0.1) is 26.8 Å². The predicted molar refractivity (Wildman–Crippen MR) is 123 cm³/mol. The summed E-state index contributed by atoms with van der Waals surface area (Å²) in [5.74, 6) is -1.30. The molecular formula is C21H21Cl2F3N6O3. The Morgan fingerprint density at radius 2 is 1.86 bits per heavy atom. The van der Waals surface area contributed by atoms with Crippen LogP contribution in [0.2, 0.25) is 10.0 Å². The second-order valence-corrected chi connectivity index (χ2v) is 8.92. The smallest absolute Gasteiger partial charge is 0.293 e. The second-order valence-electron chi connectivity index (χ2n) is 8.14. The van der Waals surface area contributed by atoms with Gasteiger partial charge in [0.25, 0.3) is 23.5 Å². The molecule has 2 amide bonds. The number of amides is 2. The average Bonchev–Trinajstić information content (AvgIpc) is 3.02. The lowest BCUT2D eigenvalue weighted by Gasteiger charge is -2.49. The zero-order valence-electron chi connectivity index (χ0n) is 18.5. The fourth-order valence-electron chi connectivity index (χ4n) is 3.96. The van der Waals surface area contributed by atoms with Gasteiger partial charge in [-0.3, -0.25) is 14.4 Å². The number of ketones is 1. The van der Waals surface area contributed by atoms with Crippen molar-refractivity contribution in [1.29, 1.82) is 0 Å². The highest BCUT2D eigenvalue weighted by Gasteiger charge is 2.60. The Labute approximate surface area is 207 Å². The Bertz CT molecular complexity index is 1240. The zero-order chi connectivity index (χ0) is 26.3. The average molecular weight is 533 g/mol. The van der Waals surface area contributed by atoms with Crippen molar-refractivity contribution >= 4 is 46.5 Å². The number of alkyl halides is 2. The summed E-state index contributed by atoms with van der Waals surface area (Å²) < 4.78 is 42.0. The number of rotatable bonds is 7. The molecule has 0 spiro atoms. The standard InChI is InChI=1S/C21H21Cl2F3N6O3/c1-31-7-11(15(23)16(31)18(34)29-10-3-4-13(24)12(22)5-10)17(33)19(35)30-20(8-21(25,26)9-20)14(6-27)32(2)28/h3-7H,8-9,27-28H2,1-2H3,(H,29,34)(H,30,35)/b14-6-. The molecule has 1 aromatic heterocycles. The van der Waals surface area contributed by atoms with Crippen LogP contribution >= 0.6 is 23.2 Å². The molecule has 35 heavy (non-hydrogen) atoms. The number of aryl methyl sites for hydroxylation is 1. The van der Waals surface area contributed by atoms with Gasteiger partial charge in [-0.15, -0.1) is 0 Å². The van der Waals surface area contributed by atoms with E-state index in [0.29, 0.717) is 0 Å². The van der Waals surface area contributed by atoms with Crippen LogP contribution in [0.15, 0.2) is 36.3 Å². The van der Waals surface area contributed by atoms with Crippen molar-refractivity contribution in [1.82, 2.24) is 14.9 Å². The summed E-state index contributed by atoms with van der Waals surface area (Å²) in [6.45, 7) is 0. The fourth-order valence-corrected chi connectivity index (χ4v) is 4.49. The van der Waals surface area contributed by atoms with E-state index in [1.807, 2.05) is 0 Å². The minimum absolute atomic E-state index is 0.0123. The molecule has 0 aliphatic heterocycles. The molecule has 1 aliphatic rings. The van der Waals surface area contributed by atoms with Gasteiger partial charge in [-0.2, -0.15) is 0 Å². The number of anilines is 1. The van der Waals surface area contributed by atoms with Crippen LogP contribution < -0.4 is 22.2 Å². The first-order valence-electron chi connectivity index (χ1n) is 9.98. The fraction of sp³-hybridized carbons (Fsp3) is 0.286. The number of nitrogens with zero attached hydrogens (tertiary/aromatic N) is 2. The van der Waals surface area contributed by atoms with Gasteiger partial charge in [0, 0.05) is 45.0 Å². The van der Waals surface area contributed by atoms with Gasteiger partial charge in [0.15, 0.2) is 0 Å². The van der Waals surface area contributed by atoms with Crippen LogP contribution in [0.1, 0.15) is 33.7 Å². The van der Waals surface area contributed by atoms with Crippen molar-refractivity contribution < 1.29 is 27.6 Å². The Kier molecular flexibility index (Phi) is 7.12. The maximum absolute atomic E-state index is 13.7. The molecule has 9 nitrogen and oxygen atoms in total. The van der Waals surface area contributed by atoms with Crippen LogP contribution in [0.4, 0.5) is 18.9 Å². The third kappa shape index (κ3) is 5.09. The molecule has 0 unspecified atom stereocenters. The van der Waals surface area contributed by atoms with E-state index in [0.717, 1.165) is 23.5 Å². The van der Waals surface area contributed by atoms with E-state index < -0.39 is 47.7 Å². The molecule has 1 aromatic carbocycles. The van der Waals surface area contributed by atoms with Gasteiger partial charge >= 0.3 is 0 Å². The Morgan fingerprint density at radius 1 is 1.23 bits per heavy atom. The van der Waals surface area contributed by atoms with Crippen LogP contribution in [0, 0.1) is 5.82 Å². The van der Waals surface area contributed by atoms with Gasteiger partial charge in [0.1, 0.15) is 11.5 Å². The molecule has 0 bridgehead atoms. The molecular weight excluding hydrogens is 512 g/mol. The number of carbonyl (C=O) groups is 3. The van der Waals surface area contributed by atoms with Gasteiger partial charge in [-0.1, -0.05) is 23.2 Å². The summed E-state index contributed by atoms with van der Waals surface area (Å²) in [5.41, 5.74) is 3.47. The molecule has 1 heterocycles. The zero-order valence-corrected chi connectivity index (χ0v) is 20.0. The molecule has 14 heteroatoms. The van der Waals surface area contributed by atoms with E-state index >= 15 is 0 Å². The summed E-state index contributed by atoms with van der Waals surface area (Å²) in [5, 5.41) is 5.15. The molecule has 1 saturated carbocycles. The van der Waals surface area contributed by atoms with Crippen molar-refractivity contribution in [3.63, 3.8) is 0 Å². The van der Waals surface area contributed by atoms with E-state index in [-0.39, 0.29) is 32.7 Å². The number of halogens is 5. The molecule has 1 fully saturated rings. The van der Waals surface area contributed by atoms with Crippen molar-refractivity contribution in [2.24, 2.45) is 18.6 Å². The first-order chi connectivity index (χ1) is 16.2. The maximum atomic E-state index is 13.7. The molecule has 0 atom stereocenters. The Hall–Kier alpha value is -3.22. The number of Topliss-reactive ketones (excluding diaryl/α,β-unsaturated/α-hetero) is 1. The predicted octanol–water partition coefficient (Wildman–Crippen LogP) is 2.80. The molecule has 2 aromatic rings. The van der Waals surface area contributed by atoms with Crippen molar-refractivity contribution in [2.45, 2.75) is 24.3 Å². The summed E-state index contributed by atoms with van der Waals surface area (Å²) >= 11 is 12.0. The number of hydrogen-bond acceptors (Lipinski definition) is 6. The van der Waals surface area contributed by atoms with Gasteiger partial charge in [-0.25, -0.2) is 19.0 Å². The van der Waals surface area contributed by atoms with E-state index in [4.69, 9.17) is 34.8 Å². The summed E-state index contributed by atoms with van der Waals surface area (Å²) in [6, 6.07) is 3.49. The lowest BCUT2D eigenvalue weighted by atomic mass is 9.70. The van der Waals surface area contributed by atoms with E-state index in [9.17, 15) is 27.6 Å². The molecule has 188 valence electrons. The first kappa shape index (κ1) is 26.4. The molecule has 0 saturated heterocycles. The SMILES string of the molecule is CN(N)/C(=C\N)C1(NC(=O)C(=O)c2cn(C)c(C(=O)Nc3ccc(F)c(Cl)c3)c2Cl)CC(F)(F)C1. The number of aromatic nitrogens is 1. The lowest BCUT2D eigenvalue weighted by molar-refractivity contribution is -0.140. The molecule has 3 rings (SSSR count). The van der Waals surface area contributed by atoms with Crippen LogP contribution in [0.5, 0.6) is 0 Å². The number of likely N-dealkylation sites (N-methyl/N-ethyl adjacent to an activating group) is 1. The minimum Gasteiger partial charge on any atom is -0.403 e. The number of carbonyl (C=O) groups excluding carboxylic acids is 3. The van der Waals surface area contributed by atoms with Crippen LogP contribution in [-0.2, 0) is 11.8 Å². The lowest BCUT2D eigenvalue weighted by Crippen LogP contribution is -2.66. The molecule has 0 radical (unpaired) electrons. The summed E-state index contributed by atoms with van der Waals surface area (Å²) in [6.07, 6.45) is 0.479. The maximum Gasteiger partial charge on any atom is 0.293 e. The van der Waals surface area contributed by atoms with Gasteiger partial charge < -0.3 is 25.9 Å². The Morgan fingerprint density at radius 3 is 2.37 bits per heavy atom. The van der Waals surface area contributed by atoms with Crippen LogP contribution in [0.3, 0.4) is 0 Å². The summed E-state index contributed by atoms with van der Waals surface area (Å²) in [4.78, 5) is 38.4. The van der Waals surface area contributed by atoms with Gasteiger partial charge in [-0.05, 0) is 18.2 Å². The monoisotopic (exact) mass is 532 g/mol. The van der Waals surface area contributed by atoms with Crippen molar-refractivity contribution in [3.05, 3.63) is 63.4 Å². The number of hydrogen-bond donors (Lipinski definition) is 4. The van der Waals surface area contributed by atoms with Gasteiger partial charge in [0.2, 0.25) is 0 Å². The molecule has 6 N–H and O–H groups in total. The molecule has 1 aliphatic carbocycles. The minimum atomic E-state index is -3.10. The summed E-state index contributed by atoms with van der Waals surface area (Å²) in [7, 11) is 2.75. The number of benzene rings is 1. The topological polar surface area (TPSA) is 135 Å². The highest BCUT2D eigenvalue weighted by molar-refractivity contribution is 6.48. The Balaban J connectivity index is 1.84. The first-order valence-corrected chi connectivity index (χ1v) is 10.7. The van der Waals surface area contributed by atoms with E-state index in [1.54, 1.807) is 0 Å². The van der Waals surface area contributed by atoms with Crippen molar-refractivity contribution in [2.75, 3.05) is 12.4 Å². The quantitative estimate of drug-likeness (QED) is 0.187. The number of hydrazine groups is 1. The van der Waals surface area contributed by atoms with E-state index in [1.165, 1.54) is 30.8 Å². The second kappa shape index (κ2) is 9.44. The largest absolute Gasteiger partial charge is 0.403 e. The van der Waals surface area contributed by atoms with Crippen LogP contribution in [-0.4, -0.2) is 45.7 Å². The third-order valence-corrected chi connectivity index (χ3v) is 6.14. The highest BCUT2D eigenvalue weighted by atomic mass is 35.5. The van der Waals surface area contributed by atoms with E-state index in [2.05, 4.69) is 10.6 Å². The normalized spacial score (nSPS) is 16.3. The van der Waals surface area contributed by atoms with Crippen molar-refractivity contribution in [3.8, 4) is 0 Å². The number of nitrogens with one attached hydrogen (secondary N) is 2. The third-order valence-electron chi connectivity index (χ3n) is 5.47. The van der Waals surface area contributed by atoms with Crippen LogP contribution in [0.25, 0.3) is 0 Å². The number of nitrogens with two attached hydrogens (primary N) is 2.